The lowest BCUT2D eigenvalue weighted by molar-refractivity contribution is 0.220. The number of carboxylic acid groups (broad SMARTS) is 1. The lowest BCUT2D eigenvalue weighted by Gasteiger charge is -2.56. The summed E-state index contributed by atoms with van der Waals surface area (Å²) in [5, 5.41) is 9.81. The minimum absolute atomic E-state index is 0.597. The van der Waals surface area contributed by atoms with Gasteiger partial charge in [-0.2, -0.15) is 7.14 Å². The van der Waals surface area contributed by atoms with Crippen LogP contribution in [0.5, 0.6) is 0 Å². The van der Waals surface area contributed by atoms with E-state index >= 15 is 0 Å². The van der Waals surface area contributed by atoms with Crippen LogP contribution in [-0.4, -0.2) is 35.0 Å². The number of hydrogen-bond donors (Lipinski definition) is 1. The van der Waals surface area contributed by atoms with E-state index in [2.05, 4.69) is 0 Å². The normalized spacial score (nSPS) is 26.3. The molecule has 0 bridgehead atoms. The van der Waals surface area contributed by atoms with Gasteiger partial charge in [0.25, 0.3) is 0 Å². The summed E-state index contributed by atoms with van der Waals surface area (Å²) in [6, 6.07) is 0. The molecule has 0 amide bonds. The van der Waals surface area contributed by atoms with Crippen LogP contribution >= 0.6 is 7.14 Å². The van der Waals surface area contributed by atoms with E-state index < -0.39 is 13.0 Å². The molecular weight excluding hydrogens is 302 g/mol. The molecule has 0 aromatic rings. The van der Waals surface area contributed by atoms with E-state index in [1.54, 1.807) is 0 Å². The van der Waals surface area contributed by atoms with Crippen molar-refractivity contribution in [2.75, 3.05) is 0 Å². The van der Waals surface area contributed by atoms with Crippen LogP contribution in [0.25, 0.3) is 0 Å². The predicted molar refractivity (Wildman–Crippen MR) is 101 cm³/mol. The van der Waals surface area contributed by atoms with Crippen molar-refractivity contribution in [3.05, 3.63) is 0 Å². The molecule has 130 valence electrons. The van der Waals surface area contributed by atoms with E-state index in [-0.39, 0.29) is 0 Å². The van der Waals surface area contributed by atoms with Crippen LogP contribution in [0.4, 0.5) is 4.79 Å². The van der Waals surface area contributed by atoms with Gasteiger partial charge in [-0.25, -0.2) is 0 Å². The van der Waals surface area contributed by atoms with Crippen molar-refractivity contribution in [2.45, 2.75) is 113 Å². The molecule has 0 aliphatic heterocycles. The Balaban J connectivity index is 1.93. The highest BCUT2D eigenvalue weighted by molar-refractivity contribution is 8.05. The lowest BCUT2D eigenvalue weighted by Crippen LogP contribution is -2.40. The largest absolute Gasteiger partial charge is 0.517 e. The Morgan fingerprint density at radius 2 is 0.957 bits per heavy atom. The van der Waals surface area contributed by atoms with Crippen molar-refractivity contribution in [1.29, 1.82) is 0 Å². The molecule has 0 aromatic carbocycles. The average molecular weight is 336 g/mol. The first-order chi connectivity index (χ1) is 11.2. The fourth-order valence-corrected chi connectivity index (χ4v) is 12.6. The Kier molecular flexibility index (Phi) is 6.47. The summed E-state index contributed by atoms with van der Waals surface area (Å²) in [6.45, 7) is 1.95. The fraction of sp³-hybridized carbons (Fsp3) is 0.947. The molecule has 3 aliphatic carbocycles. The first-order valence-corrected chi connectivity index (χ1v) is 12.3. The zero-order chi connectivity index (χ0) is 16.1. The molecule has 0 atom stereocenters. The summed E-state index contributed by atoms with van der Waals surface area (Å²) in [5.74, 6) is -0.597. The first-order valence-electron chi connectivity index (χ1n) is 10.2. The minimum atomic E-state index is -1.50. The lowest BCUT2D eigenvalue weighted by atomic mass is 9.98. The predicted octanol–water partition coefficient (Wildman–Crippen LogP) is 6.30. The minimum Gasteiger partial charge on any atom is -0.517 e. The maximum absolute atomic E-state index is 11.9. The van der Waals surface area contributed by atoms with Crippen LogP contribution < -0.4 is 0 Å². The highest BCUT2D eigenvalue weighted by Crippen LogP contribution is 2.76. The Bertz CT molecular complexity index is 337. The highest BCUT2D eigenvalue weighted by atomic mass is 31.2. The van der Waals surface area contributed by atoms with E-state index in [0.717, 1.165) is 17.0 Å². The van der Waals surface area contributed by atoms with Crippen molar-refractivity contribution >= 4 is 20.0 Å². The van der Waals surface area contributed by atoms with Gasteiger partial charge in [-0.3, -0.25) is 0 Å². The second kappa shape index (κ2) is 8.37. The Labute approximate surface area is 143 Å². The quantitative estimate of drug-likeness (QED) is 0.472. The first kappa shape index (κ1) is 17.8. The third-order valence-electron chi connectivity index (χ3n) is 6.96. The molecule has 3 fully saturated rings. The molecule has 4 heteroatoms. The van der Waals surface area contributed by atoms with Gasteiger partial charge in [0.15, 0.2) is 0 Å². The highest BCUT2D eigenvalue weighted by Gasteiger charge is 2.49. The smallest absolute Gasteiger partial charge is 0.100 e. The molecule has 3 aliphatic rings. The summed E-state index contributed by atoms with van der Waals surface area (Å²) in [4.78, 5) is 11.9. The van der Waals surface area contributed by atoms with Crippen LogP contribution in [0.1, 0.15) is 96.3 Å². The van der Waals surface area contributed by atoms with Crippen molar-refractivity contribution in [3.8, 4) is 0 Å². The van der Waals surface area contributed by atoms with Gasteiger partial charge in [-0.15, -0.1) is 0 Å². The van der Waals surface area contributed by atoms with Crippen molar-refractivity contribution in [3.63, 3.8) is 0 Å². The Morgan fingerprint density at radius 3 is 1.22 bits per heavy atom. The zero-order valence-corrected chi connectivity index (χ0v) is 15.6. The summed E-state index contributed by atoms with van der Waals surface area (Å²) >= 11 is 0. The molecule has 0 heterocycles. The topological polar surface area (TPSA) is 37.3 Å². The molecule has 0 spiro atoms. The molecule has 0 aromatic heterocycles. The van der Waals surface area contributed by atoms with Gasteiger partial charge in [0.2, 0.25) is 0 Å². The van der Waals surface area contributed by atoms with Crippen molar-refractivity contribution in [1.82, 2.24) is 0 Å². The van der Waals surface area contributed by atoms with Gasteiger partial charge in [-0.05, 0) is 77.0 Å². The van der Waals surface area contributed by atoms with Gasteiger partial charge in [0.05, 0.1) is 7.00 Å². The molecule has 1 N–H and O–H groups in total. The Hall–Kier alpha value is -0.0351. The van der Waals surface area contributed by atoms with Gasteiger partial charge < -0.3 is 9.90 Å². The van der Waals surface area contributed by atoms with E-state index in [1.807, 2.05) is 7.00 Å². The molecule has 3 saturated carbocycles. The van der Waals surface area contributed by atoms with Crippen molar-refractivity contribution in [2.24, 2.45) is 0 Å². The van der Waals surface area contributed by atoms with Crippen LogP contribution in [0.2, 0.25) is 0 Å². The zero-order valence-electron chi connectivity index (χ0n) is 14.7. The maximum Gasteiger partial charge on any atom is 0.100 e. The molecule has 3 rings (SSSR count). The number of rotatable bonds is 5. The second-order valence-electron chi connectivity index (χ2n) is 8.24. The van der Waals surface area contributed by atoms with E-state index in [9.17, 15) is 9.90 Å². The summed E-state index contributed by atoms with van der Waals surface area (Å²) < 4.78 is 0. The van der Waals surface area contributed by atoms with Crippen LogP contribution in [0.15, 0.2) is 0 Å². The van der Waals surface area contributed by atoms with Gasteiger partial charge >= 0.3 is 0 Å². The standard InChI is InChI=1S/C19H33BO2P/c21-19(22)20-23(16-10-4-1-5-11-16,17-12-6-2-7-13-17)18-14-8-3-9-15-18/h16-18H,1-15H2/q-1/p+1. The monoisotopic (exact) mass is 336 g/mol. The van der Waals surface area contributed by atoms with E-state index in [4.69, 9.17) is 0 Å². The van der Waals surface area contributed by atoms with E-state index in [0.29, 0.717) is 0 Å². The third kappa shape index (κ3) is 3.97. The van der Waals surface area contributed by atoms with Crippen LogP contribution in [-0.2, 0) is 0 Å². The van der Waals surface area contributed by atoms with Gasteiger partial charge in [0, 0.05) is 17.0 Å². The summed E-state index contributed by atoms with van der Waals surface area (Å²) in [7, 11) is -1.50. The van der Waals surface area contributed by atoms with Crippen molar-refractivity contribution < 1.29 is 9.90 Å². The molecular formula is C19H34BO2P. The maximum atomic E-state index is 11.9. The Morgan fingerprint density at radius 1 is 0.652 bits per heavy atom. The molecule has 0 unspecified atom stereocenters. The van der Waals surface area contributed by atoms with Crippen LogP contribution in [0.3, 0.4) is 0 Å². The molecule has 2 nitrogen and oxygen atoms in total. The van der Waals surface area contributed by atoms with Crippen LogP contribution in [0, 0.1) is 0 Å². The van der Waals surface area contributed by atoms with Gasteiger partial charge in [0.1, 0.15) is 5.87 Å². The second-order valence-corrected chi connectivity index (χ2v) is 12.5. The SMILES string of the molecule is O=C(O)[B-][P+](C1CCCCC1)(C1CCCCC1)C1CCCCC1. The van der Waals surface area contributed by atoms with Gasteiger partial charge in [-0.1, -0.05) is 19.3 Å². The summed E-state index contributed by atoms with van der Waals surface area (Å²) in [6.07, 6.45) is 20.1. The fourth-order valence-electron chi connectivity index (χ4n) is 5.99. The number of carbonyl (C=O) groups is 1. The van der Waals surface area contributed by atoms with E-state index in [1.165, 1.54) is 96.3 Å². The number of hydrogen-bond acceptors (Lipinski definition) is 1. The summed E-state index contributed by atoms with van der Waals surface area (Å²) in [5.41, 5.74) is 2.25. The average Bonchev–Trinajstić information content (AvgIpc) is 2.62. The third-order valence-corrected chi connectivity index (χ3v) is 13.0. The molecule has 23 heavy (non-hydrogen) atoms. The molecule has 0 saturated heterocycles. The molecule has 2 radical (unpaired) electrons.